The van der Waals surface area contributed by atoms with Crippen molar-refractivity contribution in [1.82, 2.24) is 19.6 Å². The molecule has 4 aromatic rings. The highest BCUT2D eigenvalue weighted by Gasteiger charge is 2.15. The quantitative estimate of drug-likeness (QED) is 0.563. The lowest BCUT2D eigenvalue weighted by Gasteiger charge is -2.04. The molecule has 0 aliphatic heterocycles. The van der Waals surface area contributed by atoms with E-state index in [2.05, 4.69) is 27.2 Å². The minimum atomic E-state index is 0.854. The fourth-order valence-corrected chi connectivity index (χ4v) is 2.70. The molecule has 0 radical (unpaired) electrons. The van der Waals surface area contributed by atoms with Crippen molar-refractivity contribution in [2.45, 2.75) is 6.92 Å². The number of pyridine rings is 1. The zero-order chi connectivity index (χ0) is 14.9. The summed E-state index contributed by atoms with van der Waals surface area (Å²) in [7, 11) is 0. The number of benzene rings is 1. The lowest BCUT2D eigenvalue weighted by atomic mass is 10.1. The Kier molecular flexibility index (Phi) is 2.93. The van der Waals surface area contributed by atoms with E-state index >= 15 is 0 Å². The molecule has 106 valence electrons. The van der Waals surface area contributed by atoms with E-state index in [-0.39, 0.29) is 0 Å². The fourth-order valence-electron chi connectivity index (χ4n) is 2.70. The van der Waals surface area contributed by atoms with Crippen molar-refractivity contribution >= 4 is 5.65 Å². The highest BCUT2D eigenvalue weighted by Crippen LogP contribution is 2.29. The van der Waals surface area contributed by atoms with Gasteiger partial charge in [-0.1, -0.05) is 36.4 Å². The van der Waals surface area contributed by atoms with Gasteiger partial charge in [0.2, 0.25) is 0 Å². The Balaban J connectivity index is 2.01. The van der Waals surface area contributed by atoms with Gasteiger partial charge >= 0.3 is 0 Å². The second-order valence-corrected chi connectivity index (χ2v) is 5.11. The topological polar surface area (TPSA) is 43.1 Å². The Bertz CT molecular complexity index is 927. The normalized spacial score (nSPS) is 11.0. The predicted octanol–water partition coefficient (Wildman–Crippen LogP) is 3.77. The highest BCUT2D eigenvalue weighted by atomic mass is 15.3. The summed E-state index contributed by atoms with van der Waals surface area (Å²) in [6.45, 7) is 2.01. The maximum absolute atomic E-state index is 4.68. The third kappa shape index (κ3) is 1.97. The van der Waals surface area contributed by atoms with E-state index in [9.17, 15) is 0 Å². The number of rotatable bonds is 2. The summed E-state index contributed by atoms with van der Waals surface area (Å²) >= 11 is 0. The van der Waals surface area contributed by atoms with E-state index in [4.69, 9.17) is 0 Å². The molecule has 3 aromatic heterocycles. The molecule has 0 unspecified atom stereocenters. The zero-order valence-electron chi connectivity index (χ0n) is 12.1. The Hall–Kier alpha value is -3.01. The zero-order valence-corrected chi connectivity index (χ0v) is 12.1. The monoisotopic (exact) mass is 286 g/mol. The fraction of sp³-hybridized carbons (Fsp3) is 0.0556. The molecule has 0 aliphatic rings. The summed E-state index contributed by atoms with van der Waals surface area (Å²) in [5.41, 5.74) is 5.83. The minimum absolute atomic E-state index is 0.854. The Morgan fingerprint density at radius 2 is 1.64 bits per heavy atom. The lowest BCUT2D eigenvalue weighted by molar-refractivity contribution is 0.920. The molecule has 3 heterocycles. The number of nitrogens with zero attached hydrogens (tertiary/aromatic N) is 4. The van der Waals surface area contributed by atoms with Crippen LogP contribution in [0.25, 0.3) is 28.2 Å². The average molecular weight is 286 g/mol. The molecular formula is C18H14N4. The molecule has 1 aromatic carbocycles. The Morgan fingerprint density at radius 3 is 2.41 bits per heavy atom. The predicted molar refractivity (Wildman–Crippen MR) is 86.4 cm³/mol. The van der Waals surface area contributed by atoms with E-state index < -0.39 is 0 Å². The van der Waals surface area contributed by atoms with Crippen molar-refractivity contribution in [1.29, 1.82) is 0 Å². The number of aromatic nitrogens is 4. The summed E-state index contributed by atoms with van der Waals surface area (Å²) in [4.78, 5) is 8.96. The Morgan fingerprint density at radius 1 is 0.818 bits per heavy atom. The van der Waals surface area contributed by atoms with Crippen LogP contribution in [0, 0.1) is 6.92 Å². The second kappa shape index (κ2) is 5.07. The van der Waals surface area contributed by atoms with Gasteiger partial charge in [0, 0.05) is 18.0 Å². The lowest BCUT2D eigenvalue weighted by Crippen LogP contribution is -1.97. The van der Waals surface area contributed by atoms with E-state index in [0.29, 0.717) is 0 Å². The van der Waals surface area contributed by atoms with Gasteiger partial charge in [-0.05, 0) is 30.7 Å². The van der Waals surface area contributed by atoms with E-state index in [1.165, 1.54) is 0 Å². The van der Waals surface area contributed by atoms with Crippen LogP contribution >= 0.6 is 0 Å². The first kappa shape index (κ1) is 12.7. The number of fused-ring (bicyclic) bond motifs is 1. The van der Waals surface area contributed by atoms with Gasteiger partial charge in [0.15, 0.2) is 5.65 Å². The van der Waals surface area contributed by atoms with Crippen molar-refractivity contribution in [3.8, 4) is 22.5 Å². The third-order valence-corrected chi connectivity index (χ3v) is 3.68. The van der Waals surface area contributed by atoms with Crippen LogP contribution < -0.4 is 0 Å². The minimum Gasteiger partial charge on any atom is -0.255 e. The molecule has 4 nitrogen and oxygen atoms in total. The molecular weight excluding hydrogens is 272 g/mol. The van der Waals surface area contributed by atoms with Gasteiger partial charge in [-0.2, -0.15) is 5.10 Å². The van der Waals surface area contributed by atoms with Gasteiger partial charge in [0.05, 0.1) is 17.1 Å². The first-order chi connectivity index (χ1) is 10.8. The standard InChI is InChI=1S/C18H14N4/c1-13-17(14-7-3-2-4-8-14)18-20-12-10-16(22(18)21-13)15-9-5-6-11-19-15/h2-12H,1H3. The smallest absolute Gasteiger partial charge is 0.163 e. The molecule has 0 aliphatic carbocycles. The van der Waals surface area contributed by atoms with Crippen LogP contribution in [-0.2, 0) is 0 Å². The summed E-state index contributed by atoms with van der Waals surface area (Å²) in [6.07, 6.45) is 3.60. The summed E-state index contributed by atoms with van der Waals surface area (Å²) in [5, 5.41) is 4.68. The maximum Gasteiger partial charge on any atom is 0.163 e. The van der Waals surface area contributed by atoms with Gasteiger partial charge in [0.25, 0.3) is 0 Å². The number of hydrogen-bond acceptors (Lipinski definition) is 3. The average Bonchev–Trinajstić information content (AvgIpc) is 2.92. The third-order valence-electron chi connectivity index (χ3n) is 3.68. The van der Waals surface area contributed by atoms with Crippen molar-refractivity contribution in [2.75, 3.05) is 0 Å². The number of aryl methyl sites for hydroxylation is 1. The van der Waals surface area contributed by atoms with Crippen LogP contribution in [0.1, 0.15) is 5.69 Å². The van der Waals surface area contributed by atoms with Crippen molar-refractivity contribution < 1.29 is 0 Å². The summed E-state index contributed by atoms with van der Waals surface area (Å²) in [6, 6.07) is 18.0. The molecule has 0 amide bonds. The molecule has 0 spiro atoms. The van der Waals surface area contributed by atoms with Crippen molar-refractivity contribution in [2.24, 2.45) is 0 Å². The van der Waals surface area contributed by atoms with Crippen LogP contribution in [0.3, 0.4) is 0 Å². The molecule has 0 atom stereocenters. The van der Waals surface area contributed by atoms with Gasteiger partial charge in [-0.25, -0.2) is 9.50 Å². The Labute approximate surface area is 128 Å². The molecule has 0 saturated carbocycles. The molecule has 22 heavy (non-hydrogen) atoms. The van der Waals surface area contributed by atoms with Crippen LogP contribution in [0.5, 0.6) is 0 Å². The molecule has 0 N–H and O–H groups in total. The van der Waals surface area contributed by atoms with Gasteiger partial charge in [-0.3, -0.25) is 4.98 Å². The van der Waals surface area contributed by atoms with Crippen molar-refractivity contribution in [3.63, 3.8) is 0 Å². The first-order valence-electron chi connectivity index (χ1n) is 7.16. The molecule has 4 heteroatoms. The maximum atomic E-state index is 4.68. The number of hydrogen-bond donors (Lipinski definition) is 0. The highest BCUT2D eigenvalue weighted by molar-refractivity contribution is 5.81. The molecule has 0 fully saturated rings. The van der Waals surface area contributed by atoms with Gasteiger partial charge in [-0.15, -0.1) is 0 Å². The van der Waals surface area contributed by atoms with E-state index in [1.54, 1.807) is 6.20 Å². The van der Waals surface area contributed by atoms with Crippen LogP contribution in [0.2, 0.25) is 0 Å². The van der Waals surface area contributed by atoms with Crippen LogP contribution in [0.15, 0.2) is 67.0 Å². The first-order valence-corrected chi connectivity index (χ1v) is 7.16. The van der Waals surface area contributed by atoms with Crippen molar-refractivity contribution in [3.05, 3.63) is 72.7 Å². The van der Waals surface area contributed by atoms with E-state index in [0.717, 1.165) is 33.9 Å². The molecule has 0 bridgehead atoms. The van der Waals surface area contributed by atoms with Gasteiger partial charge < -0.3 is 0 Å². The second-order valence-electron chi connectivity index (χ2n) is 5.11. The summed E-state index contributed by atoms with van der Waals surface area (Å²) in [5.74, 6) is 0. The van der Waals surface area contributed by atoms with E-state index in [1.807, 2.05) is 60.1 Å². The molecule has 0 saturated heterocycles. The SMILES string of the molecule is Cc1nn2c(-c3ccccn3)ccnc2c1-c1ccccc1. The van der Waals surface area contributed by atoms with Gasteiger partial charge in [0.1, 0.15) is 0 Å². The largest absolute Gasteiger partial charge is 0.255 e. The van der Waals surface area contributed by atoms with Crippen LogP contribution in [-0.4, -0.2) is 19.6 Å². The molecule has 4 rings (SSSR count). The van der Waals surface area contributed by atoms with Crippen LogP contribution in [0.4, 0.5) is 0 Å². The summed E-state index contributed by atoms with van der Waals surface area (Å²) < 4.78 is 1.88.